The van der Waals surface area contributed by atoms with E-state index in [0.717, 1.165) is 12.8 Å². The molecule has 0 radical (unpaired) electrons. The van der Waals surface area contributed by atoms with Crippen molar-refractivity contribution in [2.24, 2.45) is 5.92 Å². The lowest BCUT2D eigenvalue weighted by Crippen LogP contribution is -2.35. The monoisotopic (exact) mass is 577 g/mol. The van der Waals surface area contributed by atoms with Crippen LogP contribution in [0.5, 0.6) is 0 Å². The summed E-state index contributed by atoms with van der Waals surface area (Å²) in [5.41, 5.74) is 1.73. The van der Waals surface area contributed by atoms with Gasteiger partial charge in [0.05, 0.1) is 28.0 Å². The Morgan fingerprint density at radius 1 is 1.20 bits per heavy atom. The van der Waals surface area contributed by atoms with Crippen LogP contribution in [0, 0.1) is 22.9 Å². The van der Waals surface area contributed by atoms with Crippen LogP contribution in [0.2, 0.25) is 5.02 Å². The van der Waals surface area contributed by atoms with E-state index in [1.807, 2.05) is 0 Å². The first kappa shape index (κ1) is 26.4. The topological polar surface area (TPSA) is 130 Å². The number of pyridine rings is 2. The summed E-state index contributed by atoms with van der Waals surface area (Å²) in [6, 6.07) is 8.78. The average molecular weight is 578 g/mol. The van der Waals surface area contributed by atoms with Crippen molar-refractivity contribution in [1.82, 2.24) is 35.0 Å². The molecule has 1 N–H and O–H groups in total. The van der Waals surface area contributed by atoms with Crippen LogP contribution in [0.15, 0.2) is 61.3 Å². The molecule has 0 aliphatic heterocycles. The van der Waals surface area contributed by atoms with Crippen LogP contribution in [-0.2, 0) is 4.79 Å². The van der Waals surface area contributed by atoms with Crippen molar-refractivity contribution in [2.45, 2.75) is 32.2 Å². The van der Waals surface area contributed by atoms with E-state index in [4.69, 9.17) is 11.6 Å². The van der Waals surface area contributed by atoms with Gasteiger partial charge in [-0.3, -0.25) is 9.48 Å². The number of hydrogen-bond donors (Lipinski definition) is 1. The van der Waals surface area contributed by atoms with E-state index in [9.17, 15) is 14.4 Å². The highest BCUT2D eigenvalue weighted by Crippen LogP contribution is 2.40. The number of rotatable bonds is 8. The Balaban J connectivity index is 1.36. The number of aromatic nitrogens is 8. The van der Waals surface area contributed by atoms with Crippen molar-refractivity contribution in [3.8, 4) is 27.9 Å². The van der Waals surface area contributed by atoms with E-state index in [-0.39, 0.29) is 33.4 Å². The number of carbonyl (C=O) groups excluding carboxylic acids is 1. The molecule has 1 atom stereocenters. The van der Waals surface area contributed by atoms with Gasteiger partial charge in [0.2, 0.25) is 17.5 Å². The zero-order valence-corrected chi connectivity index (χ0v) is 22.3. The third kappa shape index (κ3) is 5.35. The number of anilines is 1. The Labute approximate surface area is 237 Å². The maximum Gasteiger partial charge on any atom is 0.222 e. The maximum absolute atomic E-state index is 15.3. The average Bonchev–Trinajstić information content (AvgIpc) is 3.37. The van der Waals surface area contributed by atoms with Gasteiger partial charge in [-0.1, -0.05) is 24.4 Å². The Bertz CT molecular complexity index is 1760. The number of nitrogens with zero attached hydrogens (tertiary/aromatic N) is 8. The molecule has 1 saturated carbocycles. The van der Waals surface area contributed by atoms with Crippen LogP contribution in [0.3, 0.4) is 0 Å². The quantitative estimate of drug-likeness (QED) is 0.163. The Hall–Kier alpha value is -4.78. The second kappa shape index (κ2) is 10.7. The molecule has 4 aromatic heterocycles. The minimum atomic E-state index is -0.764. The molecule has 208 valence electrons. The van der Waals surface area contributed by atoms with E-state index >= 15 is 4.39 Å². The van der Waals surface area contributed by atoms with Crippen molar-refractivity contribution < 1.29 is 18.3 Å². The van der Waals surface area contributed by atoms with Gasteiger partial charge in [-0.2, -0.15) is 18.9 Å². The normalized spacial score (nSPS) is 13.8. The highest BCUT2D eigenvalue weighted by molar-refractivity contribution is 6.31. The number of hydrogen-bond acceptors (Lipinski definition) is 7. The van der Waals surface area contributed by atoms with Gasteiger partial charge >= 0.3 is 0 Å². The van der Waals surface area contributed by atoms with E-state index < -0.39 is 17.8 Å². The lowest BCUT2D eigenvalue weighted by atomic mass is 10.0. The van der Waals surface area contributed by atoms with Crippen molar-refractivity contribution in [2.75, 3.05) is 5.32 Å². The molecule has 1 fully saturated rings. The molecule has 1 amide bonds. The van der Waals surface area contributed by atoms with Crippen molar-refractivity contribution in [3.05, 3.63) is 89.0 Å². The molecule has 41 heavy (non-hydrogen) atoms. The Morgan fingerprint density at radius 3 is 2.71 bits per heavy atom. The van der Waals surface area contributed by atoms with Gasteiger partial charge in [-0.05, 0) is 53.1 Å². The Morgan fingerprint density at radius 2 is 2.02 bits per heavy atom. The molecule has 4 heterocycles. The highest BCUT2D eigenvalue weighted by Gasteiger charge is 2.32. The molecular weight excluding hydrogens is 556 g/mol. The second-order valence-electron chi connectivity index (χ2n) is 9.80. The van der Waals surface area contributed by atoms with E-state index in [2.05, 4.69) is 30.9 Å². The zero-order valence-electron chi connectivity index (χ0n) is 21.6. The summed E-state index contributed by atoms with van der Waals surface area (Å²) in [5, 5.41) is 31.3. The van der Waals surface area contributed by atoms with Gasteiger partial charge in [0.1, 0.15) is 18.2 Å². The van der Waals surface area contributed by atoms with Crippen LogP contribution >= 0.6 is 11.6 Å². The number of amides is 1. The lowest BCUT2D eigenvalue weighted by molar-refractivity contribution is -0.615. The molecule has 11 nitrogen and oxygen atoms in total. The predicted octanol–water partition coefficient (Wildman–Crippen LogP) is 4.50. The van der Waals surface area contributed by atoms with E-state index in [1.54, 1.807) is 29.1 Å². The molecule has 6 rings (SSSR count). The summed E-state index contributed by atoms with van der Waals surface area (Å²) in [4.78, 5) is 15.1. The molecule has 1 aromatic carbocycles. The fourth-order valence-electron chi connectivity index (χ4n) is 4.76. The van der Waals surface area contributed by atoms with Gasteiger partial charge < -0.3 is 10.5 Å². The van der Waals surface area contributed by atoms with Crippen molar-refractivity contribution in [1.29, 1.82) is 0 Å². The zero-order chi connectivity index (χ0) is 28.7. The molecule has 0 saturated heterocycles. The second-order valence-corrected chi connectivity index (χ2v) is 10.2. The number of tetrazole rings is 1. The van der Waals surface area contributed by atoms with Gasteiger partial charge in [-0.25, -0.2) is 9.37 Å². The minimum absolute atomic E-state index is 0.0757. The smallest absolute Gasteiger partial charge is 0.222 e. The summed E-state index contributed by atoms with van der Waals surface area (Å²) in [5.74, 6) is -1.32. The van der Waals surface area contributed by atoms with E-state index in [0.29, 0.717) is 34.0 Å². The van der Waals surface area contributed by atoms with Gasteiger partial charge in [-0.15, -0.1) is 5.10 Å². The van der Waals surface area contributed by atoms with Crippen molar-refractivity contribution >= 4 is 23.3 Å². The standard InChI is InChI=1S/C27H22ClF2N9O2/c1-15(40)33-24-9-5-19(27(30)34-24)18-11-32-37(12-18)23(10-16-2-3-16)21-7-4-17(13-39(21)41)25-22(38-14-31-35-36-38)8-6-20(28)26(25)29/h4-9,11-14,16,23H,2-3,10H2,1H3,(H,33,34,40). The number of halogens is 3. The molecule has 1 aliphatic rings. The highest BCUT2D eigenvalue weighted by atomic mass is 35.5. The van der Waals surface area contributed by atoms with Crippen LogP contribution in [0.1, 0.15) is 37.9 Å². The first-order valence-corrected chi connectivity index (χ1v) is 13.1. The third-order valence-electron chi connectivity index (χ3n) is 6.88. The summed E-state index contributed by atoms with van der Waals surface area (Å²) in [6.45, 7) is 1.31. The van der Waals surface area contributed by atoms with Crippen LogP contribution in [0.4, 0.5) is 14.6 Å². The number of nitrogens with one attached hydrogen (secondary N) is 1. The summed E-state index contributed by atoms with van der Waals surface area (Å²) >= 11 is 6.08. The summed E-state index contributed by atoms with van der Waals surface area (Å²) in [7, 11) is 0. The molecule has 0 bridgehead atoms. The largest absolute Gasteiger partial charge is 0.618 e. The van der Waals surface area contributed by atoms with Crippen LogP contribution in [0.25, 0.3) is 27.9 Å². The summed E-state index contributed by atoms with van der Waals surface area (Å²) < 4.78 is 33.7. The SMILES string of the molecule is CC(=O)Nc1ccc(-c2cnn(C(CC3CC3)c3ccc(-c4c(-n5cnnn5)ccc(Cl)c4F)c[n+]3[O-])c2)c(F)n1. The third-order valence-corrected chi connectivity index (χ3v) is 7.17. The fourth-order valence-corrected chi connectivity index (χ4v) is 4.91. The maximum atomic E-state index is 15.3. The first-order valence-electron chi connectivity index (χ1n) is 12.7. The molecule has 1 unspecified atom stereocenters. The molecule has 0 spiro atoms. The van der Waals surface area contributed by atoms with Gasteiger partial charge in [0, 0.05) is 30.3 Å². The number of benzene rings is 1. The molecular formula is C27H22ClF2N9O2. The van der Waals surface area contributed by atoms with Crippen LogP contribution < -0.4 is 10.0 Å². The van der Waals surface area contributed by atoms with Gasteiger partial charge in [0.25, 0.3) is 0 Å². The molecule has 5 aromatic rings. The number of carbonyl (C=O) groups is 1. The van der Waals surface area contributed by atoms with E-state index in [1.165, 1.54) is 48.5 Å². The molecule has 1 aliphatic carbocycles. The van der Waals surface area contributed by atoms with Gasteiger partial charge in [0.15, 0.2) is 12.0 Å². The summed E-state index contributed by atoms with van der Waals surface area (Å²) in [6.07, 6.45) is 8.48. The lowest BCUT2D eigenvalue weighted by Gasteiger charge is -2.18. The Kier molecular flexibility index (Phi) is 6.87. The van der Waals surface area contributed by atoms with Crippen LogP contribution in [-0.4, -0.2) is 40.9 Å². The first-order chi connectivity index (χ1) is 19.8. The minimum Gasteiger partial charge on any atom is -0.618 e. The fraction of sp³-hybridized carbons (Fsp3) is 0.222. The predicted molar refractivity (Wildman–Crippen MR) is 144 cm³/mol. The molecule has 14 heteroatoms. The van der Waals surface area contributed by atoms with Crippen molar-refractivity contribution in [3.63, 3.8) is 0 Å².